The van der Waals surface area contributed by atoms with Crippen molar-refractivity contribution in [2.75, 3.05) is 26.8 Å². The van der Waals surface area contributed by atoms with Crippen LogP contribution in [0, 0.1) is 10.1 Å². The standard InChI is InChI=1S/C38H42N6O10/c1-5-21-9-13-27(45)31(35(21)49)39-18(2)24-10-14-28(46)32(36(24)50)40-19(3)25-11-15-29(47)33(37(25)51)41-20(4)26-12-16-30(48)34(38(26)52)43-42-22-7-6-8-23(17-22)44(53)54/h6-20,39-43,45-52H,5H2,1-4H3. The molecular formula is C38H42N6O10. The number of benzene rings is 5. The zero-order valence-corrected chi connectivity index (χ0v) is 29.7. The van der Waals surface area contributed by atoms with E-state index >= 15 is 0 Å². The van der Waals surface area contributed by atoms with E-state index in [1.807, 2.05) is 6.92 Å². The molecule has 0 radical (unpaired) electrons. The van der Waals surface area contributed by atoms with Crippen molar-refractivity contribution in [2.45, 2.75) is 52.2 Å². The van der Waals surface area contributed by atoms with Crippen molar-refractivity contribution in [3.8, 4) is 46.0 Å². The Bertz CT molecular complexity index is 2200. The van der Waals surface area contributed by atoms with Gasteiger partial charge >= 0.3 is 0 Å². The molecule has 5 aromatic rings. The monoisotopic (exact) mass is 742 g/mol. The summed E-state index contributed by atoms with van der Waals surface area (Å²) in [6, 6.07) is 14.8. The Balaban J connectivity index is 1.36. The largest absolute Gasteiger partial charge is 0.506 e. The molecule has 0 saturated carbocycles. The number of phenols is 8. The minimum atomic E-state index is -0.782. The summed E-state index contributed by atoms with van der Waals surface area (Å²) in [4.78, 5) is 10.6. The Hall–Kier alpha value is -7.10. The van der Waals surface area contributed by atoms with Crippen LogP contribution in [0.15, 0.2) is 72.8 Å². The van der Waals surface area contributed by atoms with Crippen molar-refractivity contribution in [1.29, 1.82) is 0 Å². The fourth-order valence-electron chi connectivity index (χ4n) is 6.01. The van der Waals surface area contributed by atoms with Crippen LogP contribution in [0.5, 0.6) is 46.0 Å². The highest BCUT2D eigenvalue weighted by Gasteiger charge is 2.25. The molecule has 0 aliphatic rings. The van der Waals surface area contributed by atoms with Gasteiger partial charge in [-0.15, -0.1) is 0 Å². The van der Waals surface area contributed by atoms with Crippen molar-refractivity contribution in [1.82, 2.24) is 0 Å². The van der Waals surface area contributed by atoms with Crippen molar-refractivity contribution in [2.24, 2.45) is 0 Å². The van der Waals surface area contributed by atoms with Crippen LogP contribution in [0.4, 0.5) is 34.1 Å². The van der Waals surface area contributed by atoms with Crippen LogP contribution in [-0.4, -0.2) is 45.8 Å². The second-order valence-corrected chi connectivity index (χ2v) is 12.7. The van der Waals surface area contributed by atoms with Gasteiger partial charge in [-0.3, -0.25) is 15.5 Å². The van der Waals surface area contributed by atoms with Gasteiger partial charge < -0.3 is 62.2 Å². The van der Waals surface area contributed by atoms with Crippen molar-refractivity contribution >= 4 is 34.1 Å². The number of hydrogen-bond donors (Lipinski definition) is 13. The molecule has 0 fully saturated rings. The molecular weight excluding hydrogens is 700 g/mol. The summed E-state index contributed by atoms with van der Waals surface area (Å²) in [5.41, 5.74) is 6.69. The second kappa shape index (κ2) is 15.6. The molecule has 0 aliphatic heterocycles. The molecule has 13 N–H and O–H groups in total. The molecule has 0 saturated heterocycles. The molecule has 5 aromatic carbocycles. The van der Waals surface area contributed by atoms with Gasteiger partial charge in [-0.05, 0) is 81.3 Å². The molecule has 3 atom stereocenters. The number of phenolic OH excluding ortho intramolecular Hbond substituents is 8. The molecule has 3 unspecified atom stereocenters. The van der Waals surface area contributed by atoms with Crippen molar-refractivity contribution in [3.05, 3.63) is 105 Å². The van der Waals surface area contributed by atoms with Gasteiger partial charge in [-0.1, -0.05) is 19.1 Å². The van der Waals surface area contributed by atoms with Gasteiger partial charge in [-0.2, -0.15) is 0 Å². The molecule has 0 aromatic heterocycles. The first-order chi connectivity index (χ1) is 25.6. The molecule has 0 spiro atoms. The number of nitrogens with zero attached hydrogens (tertiary/aromatic N) is 1. The third-order valence-electron chi connectivity index (χ3n) is 9.05. The number of aryl methyl sites for hydroxylation is 1. The minimum absolute atomic E-state index is 0.0625. The first-order valence-corrected chi connectivity index (χ1v) is 16.9. The lowest BCUT2D eigenvalue weighted by Gasteiger charge is -2.25. The summed E-state index contributed by atoms with van der Waals surface area (Å²) in [6.45, 7) is 6.83. The van der Waals surface area contributed by atoms with Crippen LogP contribution >= 0.6 is 0 Å². The molecule has 284 valence electrons. The summed E-state index contributed by atoms with van der Waals surface area (Å²) in [7, 11) is 0. The van der Waals surface area contributed by atoms with Gasteiger partial charge in [0.1, 0.15) is 68.7 Å². The van der Waals surface area contributed by atoms with Crippen LogP contribution < -0.4 is 26.8 Å². The number of nitro benzene ring substituents is 1. The molecule has 5 rings (SSSR count). The van der Waals surface area contributed by atoms with E-state index in [1.165, 1.54) is 60.7 Å². The van der Waals surface area contributed by atoms with Crippen LogP contribution in [-0.2, 0) is 6.42 Å². The quantitative estimate of drug-likeness (QED) is 0.0294. The number of nitrogens with one attached hydrogen (secondary N) is 5. The Morgan fingerprint density at radius 1 is 0.556 bits per heavy atom. The highest BCUT2D eigenvalue weighted by molar-refractivity contribution is 5.75. The number of non-ortho nitro benzene ring substituents is 1. The van der Waals surface area contributed by atoms with Crippen molar-refractivity contribution in [3.63, 3.8) is 0 Å². The summed E-state index contributed by atoms with van der Waals surface area (Å²) in [6.07, 6.45) is 0.522. The lowest BCUT2D eigenvalue weighted by atomic mass is 10.0. The van der Waals surface area contributed by atoms with Crippen LogP contribution in [0.25, 0.3) is 0 Å². The predicted octanol–water partition coefficient (Wildman–Crippen LogP) is 7.76. The van der Waals surface area contributed by atoms with Gasteiger partial charge in [-0.25, -0.2) is 0 Å². The van der Waals surface area contributed by atoms with E-state index in [9.17, 15) is 51.0 Å². The van der Waals surface area contributed by atoms with E-state index in [4.69, 9.17) is 0 Å². The van der Waals surface area contributed by atoms with Gasteiger partial charge in [0.15, 0.2) is 0 Å². The summed E-state index contributed by atoms with van der Waals surface area (Å²) >= 11 is 0. The number of anilines is 5. The van der Waals surface area contributed by atoms with Crippen molar-refractivity contribution < 1.29 is 45.8 Å². The lowest BCUT2D eigenvalue weighted by Crippen LogP contribution is -2.13. The average Bonchev–Trinajstić information content (AvgIpc) is 3.13. The average molecular weight is 743 g/mol. The second-order valence-electron chi connectivity index (χ2n) is 12.7. The van der Waals surface area contributed by atoms with E-state index < -0.39 is 28.8 Å². The first-order valence-electron chi connectivity index (χ1n) is 16.9. The Kier molecular flexibility index (Phi) is 11.1. The molecule has 0 bridgehead atoms. The predicted molar refractivity (Wildman–Crippen MR) is 205 cm³/mol. The number of nitro groups is 1. The van der Waals surface area contributed by atoms with E-state index in [-0.39, 0.29) is 85.5 Å². The molecule has 0 heterocycles. The normalized spacial score (nSPS) is 12.7. The van der Waals surface area contributed by atoms with Crippen LogP contribution in [0.1, 0.15) is 68.1 Å². The summed E-state index contributed by atoms with van der Waals surface area (Å²) < 4.78 is 0. The zero-order chi connectivity index (χ0) is 39.4. The van der Waals surface area contributed by atoms with Gasteiger partial charge in [0.25, 0.3) is 5.69 Å². The Labute approximate surface area is 309 Å². The van der Waals surface area contributed by atoms with Crippen LogP contribution in [0.3, 0.4) is 0 Å². The molecule has 16 nitrogen and oxygen atoms in total. The maximum absolute atomic E-state index is 11.4. The summed E-state index contributed by atoms with van der Waals surface area (Å²) in [5, 5.41) is 107. The van der Waals surface area contributed by atoms with Gasteiger partial charge in [0.05, 0.1) is 28.7 Å². The highest BCUT2D eigenvalue weighted by Crippen LogP contribution is 2.47. The fourth-order valence-corrected chi connectivity index (χ4v) is 6.01. The molecule has 0 amide bonds. The van der Waals surface area contributed by atoms with Gasteiger partial charge in [0, 0.05) is 28.8 Å². The van der Waals surface area contributed by atoms with Gasteiger partial charge in [0.2, 0.25) is 0 Å². The van der Waals surface area contributed by atoms with E-state index in [0.29, 0.717) is 17.5 Å². The molecule has 54 heavy (non-hydrogen) atoms. The van der Waals surface area contributed by atoms with E-state index in [1.54, 1.807) is 32.9 Å². The maximum Gasteiger partial charge on any atom is 0.271 e. The molecule has 16 heteroatoms. The topological polar surface area (TPSA) is 265 Å². The number of rotatable bonds is 14. The van der Waals surface area contributed by atoms with Crippen LogP contribution in [0.2, 0.25) is 0 Å². The third-order valence-corrected chi connectivity index (χ3v) is 9.05. The Morgan fingerprint density at radius 2 is 0.963 bits per heavy atom. The number of hydrogen-bond acceptors (Lipinski definition) is 15. The SMILES string of the molecule is CCc1ccc(O)c(NC(C)c2ccc(O)c(NC(C)c3ccc(O)c(NC(C)c4ccc(O)c(NNc5cccc([N+](=O)[O-])c5)c4O)c3O)c2O)c1O. The lowest BCUT2D eigenvalue weighted by molar-refractivity contribution is -0.384. The zero-order valence-electron chi connectivity index (χ0n) is 29.7. The minimum Gasteiger partial charge on any atom is -0.506 e. The smallest absolute Gasteiger partial charge is 0.271 e. The highest BCUT2D eigenvalue weighted by atomic mass is 16.6. The fraction of sp³-hybridized carbons (Fsp3) is 0.211. The number of aromatic hydroxyl groups is 8. The van der Waals surface area contributed by atoms with E-state index in [0.717, 1.165) is 0 Å². The third kappa shape index (κ3) is 7.72. The maximum atomic E-state index is 11.4. The summed E-state index contributed by atoms with van der Waals surface area (Å²) in [5.74, 6) is -2.37. The molecule has 0 aliphatic carbocycles. The van der Waals surface area contributed by atoms with E-state index in [2.05, 4.69) is 26.8 Å². The Morgan fingerprint density at radius 3 is 1.41 bits per heavy atom. The number of hydrazine groups is 1. The first kappa shape index (κ1) is 38.1.